The molecule has 19 heavy (non-hydrogen) atoms. The zero-order valence-electron chi connectivity index (χ0n) is 10.5. The summed E-state index contributed by atoms with van der Waals surface area (Å²) in [5, 5.41) is 10.1. The van der Waals surface area contributed by atoms with Crippen LogP contribution in [0.2, 0.25) is 0 Å². The molecule has 0 radical (unpaired) electrons. The Morgan fingerprint density at radius 3 is 2.89 bits per heavy atom. The molecule has 4 heteroatoms. The summed E-state index contributed by atoms with van der Waals surface area (Å²) < 4.78 is 5.85. The highest BCUT2D eigenvalue weighted by Gasteiger charge is 2.26. The van der Waals surface area contributed by atoms with E-state index >= 15 is 0 Å². The van der Waals surface area contributed by atoms with Crippen molar-refractivity contribution in [2.24, 2.45) is 5.73 Å². The first-order valence-electron chi connectivity index (χ1n) is 6.50. The Hall–Kier alpha value is -2.12. The fraction of sp³-hybridized carbons (Fsp3) is 0.333. The molecular formula is C15H15N3O. The highest BCUT2D eigenvalue weighted by molar-refractivity contribution is 5.85. The van der Waals surface area contributed by atoms with Gasteiger partial charge in [-0.1, -0.05) is 18.2 Å². The topological polar surface area (TPSA) is 71.9 Å². The first-order valence-corrected chi connectivity index (χ1v) is 6.50. The summed E-state index contributed by atoms with van der Waals surface area (Å²) in [7, 11) is 0. The number of nitrogens with zero attached hydrogens (tertiary/aromatic N) is 2. The van der Waals surface area contributed by atoms with Crippen molar-refractivity contribution in [2.45, 2.75) is 31.4 Å². The standard InChI is InChI=1S/C15H15N3O/c16-9-10-8-15(19-14-7-3-5-12(14)17)18-13-6-2-1-4-11(10)13/h1-2,4,6,8,12,14H,3,5,7,17H2. The van der Waals surface area contributed by atoms with Gasteiger partial charge in [-0.3, -0.25) is 0 Å². The lowest BCUT2D eigenvalue weighted by Crippen LogP contribution is -2.33. The van der Waals surface area contributed by atoms with Gasteiger partial charge in [0, 0.05) is 17.5 Å². The average Bonchev–Trinajstić information content (AvgIpc) is 2.83. The van der Waals surface area contributed by atoms with E-state index in [4.69, 9.17) is 10.5 Å². The molecule has 1 heterocycles. The van der Waals surface area contributed by atoms with Gasteiger partial charge >= 0.3 is 0 Å². The molecule has 2 N–H and O–H groups in total. The van der Waals surface area contributed by atoms with Crippen molar-refractivity contribution >= 4 is 10.9 Å². The third-order valence-electron chi connectivity index (χ3n) is 3.59. The molecule has 1 fully saturated rings. The second-order valence-corrected chi connectivity index (χ2v) is 4.89. The fourth-order valence-corrected chi connectivity index (χ4v) is 2.56. The third kappa shape index (κ3) is 2.25. The van der Waals surface area contributed by atoms with Crippen LogP contribution in [0.5, 0.6) is 5.88 Å². The molecule has 0 spiro atoms. The molecule has 96 valence electrons. The number of hydrogen-bond acceptors (Lipinski definition) is 4. The Balaban J connectivity index is 1.98. The molecule has 1 saturated carbocycles. The highest BCUT2D eigenvalue weighted by atomic mass is 16.5. The van der Waals surface area contributed by atoms with Crippen LogP contribution in [0.3, 0.4) is 0 Å². The molecule has 2 aromatic rings. The number of ether oxygens (including phenoxy) is 1. The zero-order valence-corrected chi connectivity index (χ0v) is 10.5. The fourth-order valence-electron chi connectivity index (χ4n) is 2.56. The van der Waals surface area contributed by atoms with E-state index in [2.05, 4.69) is 11.1 Å². The van der Waals surface area contributed by atoms with Crippen molar-refractivity contribution in [3.05, 3.63) is 35.9 Å². The monoisotopic (exact) mass is 253 g/mol. The highest BCUT2D eigenvalue weighted by Crippen LogP contribution is 2.26. The number of hydrogen-bond donors (Lipinski definition) is 1. The van der Waals surface area contributed by atoms with E-state index in [1.54, 1.807) is 6.07 Å². The molecule has 1 aliphatic rings. The molecule has 4 nitrogen and oxygen atoms in total. The largest absolute Gasteiger partial charge is 0.473 e. The van der Waals surface area contributed by atoms with Gasteiger partial charge in [-0.15, -0.1) is 0 Å². The van der Waals surface area contributed by atoms with Gasteiger partial charge in [0.2, 0.25) is 5.88 Å². The minimum absolute atomic E-state index is 0.0141. The van der Waals surface area contributed by atoms with E-state index in [1.807, 2.05) is 24.3 Å². The number of pyridine rings is 1. The lowest BCUT2D eigenvalue weighted by atomic mass is 10.1. The number of nitrogens with two attached hydrogens (primary N) is 1. The molecule has 3 rings (SSSR count). The van der Waals surface area contributed by atoms with Gasteiger partial charge in [0.15, 0.2) is 0 Å². The Morgan fingerprint density at radius 1 is 1.32 bits per heavy atom. The predicted octanol–water partition coefficient (Wildman–Crippen LogP) is 2.37. The van der Waals surface area contributed by atoms with Gasteiger partial charge in [0.25, 0.3) is 0 Å². The quantitative estimate of drug-likeness (QED) is 0.891. The number of benzene rings is 1. The van der Waals surface area contributed by atoms with Gasteiger partial charge in [0.1, 0.15) is 12.2 Å². The SMILES string of the molecule is N#Cc1cc(OC2CCCC2N)nc2ccccc12. The first-order chi connectivity index (χ1) is 9.28. The normalized spacial score (nSPS) is 22.3. The van der Waals surface area contributed by atoms with Gasteiger partial charge in [0.05, 0.1) is 11.1 Å². The lowest BCUT2D eigenvalue weighted by molar-refractivity contribution is 0.184. The molecule has 1 aromatic carbocycles. The molecule has 0 saturated heterocycles. The molecule has 0 amide bonds. The Bertz CT molecular complexity index is 647. The average molecular weight is 253 g/mol. The molecule has 1 aromatic heterocycles. The Kier molecular flexibility index (Phi) is 3.06. The summed E-state index contributed by atoms with van der Waals surface area (Å²) in [6.07, 6.45) is 3.05. The van der Waals surface area contributed by atoms with E-state index in [9.17, 15) is 5.26 Å². The summed E-state index contributed by atoms with van der Waals surface area (Å²) in [5.74, 6) is 0.498. The van der Waals surface area contributed by atoms with E-state index in [0.717, 1.165) is 30.2 Å². The minimum Gasteiger partial charge on any atom is -0.473 e. The maximum absolute atomic E-state index is 9.21. The van der Waals surface area contributed by atoms with Crippen LogP contribution in [-0.2, 0) is 0 Å². The second kappa shape index (κ2) is 4.87. The Morgan fingerprint density at radius 2 is 2.16 bits per heavy atom. The molecule has 2 unspecified atom stereocenters. The zero-order chi connectivity index (χ0) is 13.2. The van der Waals surface area contributed by atoms with Gasteiger partial charge in [-0.25, -0.2) is 4.98 Å². The van der Waals surface area contributed by atoms with Crippen molar-refractivity contribution in [1.82, 2.24) is 4.98 Å². The van der Waals surface area contributed by atoms with Crippen LogP contribution < -0.4 is 10.5 Å². The van der Waals surface area contributed by atoms with Crippen LogP contribution in [0.25, 0.3) is 10.9 Å². The van der Waals surface area contributed by atoms with Gasteiger partial charge in [-0.05, 0) is 25.3 Å². The predicted molar refractivity (Wildman–Crippen MR) is 72.7 cm³/mol. The van der Waals surface area contributed by atoms with Crippen LogP contribution >= 0.6 is 0 Å². The summed E-state index contributed by atoms with van der Waals surface area (Å²) >= 11 is 0. The van der Waals surface area contributed by atoms with Gasteiger partial charge in [-0.2, -0.15) is 5.26 Å². The number of para-hydroxylation sites is 1. The van der Waals surface area contributed by atoms with Crippen LogP contribution in [-0.4, -0.2) is 17.1 Å². The summed E-state index contributed by atoms with van der Waals surface area (Å²) in [5.41, 5.74) is 7.36. The van der Waals surface area contributed by atoms with E-state index in [1.165, 1.54) is 0 Å². The number of aromatic nitrogens is 1. The van der Waals surface area contributed by atoms with E-state index < -0.39 is 0 Å². The Labute approximate surface area is 111 Å². The molecule has 2 atom stereocenters. The lowest BCUT2D eigenvalue weighted by Gasteiger charge is -2.17. The summed E-state index contributed by atoms with van der Waals surface area (Å²) in [6.45, 7) is 0. The molecular weight excluding hydrogens is 238 g/mol. The van der Waals surface area contributed by atoms with Crippen LogP contribution in [0.1, 0.15) is 24.8 Å². The van der Waals surface area contributed by atoms with Crippen molar-refractivity contribution in [2.75, 3.05) is 0 Å². The maximum atomic E-state index is 9.21. The van der Waals surface area contributed by atoms with Crippen molar-refractivity contribution in [3.63, 3.8) is 0 Å². The summed E-state index contributed by atoms with van der Waals surface area (Å²) in [6, 6.07) is 11.6. The molecule has 1 aliphatic carbocycles. The maximum Gasteiger partial charge on any atom is 0.215 e. The van der Waals surface area contributed by atoms with Crippen molar-refractivity contribution in [3.8, 4) is 11.9 Å². The van der Waals surface area contributed by atoms with E-state index in [-0.39, 0.29) is 12.1 Å². The van der Waals surface area contributed by atoms with E-state index in [0.29, 0.717) is 11.4 Å². The second-order valence-electron chi connectivity index (χ2n) is 4.89. The third-order valence-corrected chi connectivity index (χ3v) is 3.59. The van der Waals surface area contributed by atoms with Crippen molar-refractivity contribution in [1.29, 1.82) is 5.26 Å². The van der Waals surface area contributed by atoms with Crippen LogP contribution in [0, 0.1) is 11.3 Å². The number of nitriles is 1. The smallest absolute Gasteiger partial charge is 0.215 e. The molecule has 0 bridgehead atoms. The minimum atomic E-state index is 0.0141. The molecule has 0 aliphatic heterocycles. The van der Waals surface area contributed by atoms with Crippen molar-refractivity contribution < 1.29 is 4.74 Å². The first kappa shape index (κ1) is 11.9. The summed E-state index contributed by atoms with van der Waals surface area (Å²) in [4.78, 5) is 4.45. The number of fused-ring (bicyclic) bond motifs is 1. The van der Waals surface area contributed by atoms with Crippen LogP contribution in [0.15, 0.2) is 30.3 Å². The van der Waals surface area contributed by atoms with Crippen LogP contribution in [0.4, 0.5) is 0 Å². The number of rotatable bonds is 2. The van der Waals surface area contributed by atoms with Gasteiger partial charge < -0.3 is 10.5 Å².